The van der Waals surface area contributed by atoms with Gasteiger partial charge in [-0.15, -0.1) is 0 Å². The van der Waals surface area contributed by atoms with Crippen molar-refractivity contribution < 1.29 is 23.8 Å². The summed E-state index contributed by atoms with van der Waals surface area (Å²) in [6.45, 7) is 1.78. The Labute approximate surface area is 138 Å². The Hall–Kier alpha value is -3.14. The molecule has 1 atom stereocenters. The monoisotopic (exact) mass is 328 g/mol. The zero-order valence-corrected chi connectivity index (χ0v) is 13.1. The van der Waals surface area contributed by atoms with Gasteiger partial charge in [0, 0.05) is 11.8 Å². The van der Waals surface area contributed by atoms with E-state index >= 15 is 0 Å². The van der Waals surface area contributed by atoms with E-state index in [9.17, 15) is 9.59 Å². The lowest BCUT2D eigenvalue weighted by atomic mass is 10.0. The lowest BCUT2D eigenvalue weighted by molar-refractivity contribution is -0.143. The topological polar surface area (TPSA) is 109 Å². The summed E-state index contributed by atoms with van der Waals surface area (Å²) < 4.78 is 15.6. The van der Waals surface area contributed by atoms with Gasteiger partial charge in [-0.2, -0.15) is 5.26 Å². The quantitative estimate of drug-likeness (QED) is 0.484. The fourth-order valence-electron chi connectivity index (χ4n) is 2.01. The van der Waals surface area contributed by atoms with Crippen molar-refractivity contribution in [2.75, 3.05) is 19.8 Å². The van der Waals surface area contributed by atoms with Gasteiger partial charge in [0.2, 0.25) is 0 Å². The molecule has 0 fully saturated rings. The van der Waals surface area contributed by atoms with Gasteiger partial charge in [-0.1, -0.05) is 6.07 Å². The van der Waals surface area contributed by atoms with Gasteiger partial charge in [-0.3, -0.25) is 4.79 Å². The first-order chi connectivity index (χ1) is 11.5. The summed E-state index contributed by atoms with van der Waals surface area (Å²) in [5.74, 6) is -1.26. The van der Waals surface area contributed by atoms with Crippen molar-refractivity contribution in [1.82, 2.24) is 0 Å². The van der Waals surface area contributed by atoms with E-state index in [1.165, 1.54) is 19.1 Å². The standard InChI is InChI=1S/C17H16N2O5/c1-11(19)13(9-18)14(20)10-24-17(21)5-3-12-2-4-15-16(8-12)23-7-6-22-15/h2-5,8,13,19H,6-7,10H2,1H3/b5-3+,19-11?. The number of hydrogen-bond donors (Lipinski definition) is 1. The smallest absolute Gasteiger partial charge is 0.331 e. The highest BCUT2D eigenvalue weighted by atomic mass is 16.6. The van der Waals surface area contributed by atoms with Crippen molar-refractivity contribution in [2.45, 2.75) is 6.92 Å². The summed E-state index contributed by atoms with van der Waals surface area (Å²) in [5.41, 5.74) is 0.637. The van der Waals surface area contributed by atoms with Crippen LogP contribution in [0.2, 0.25) is 0 Å². The molecule has 0 aliphatic carbocycles. The average molecular weight is 328 g/mol. The second-order valence-corrected chi connectivity index (χ2v) is 5.06. The van der Waals surface area contributed by atoms with E-state index in [-0.39, 0.29) is 5.71 Å². The van der Waals surface area contributed by atoms with Crippen LogP contribution in [0.5, 0.6) is 11.5 Å². The van der Waals surface area contributed by atoms with Gasteiger partial charge in [-0.25, -0.2) is 4.79 Å². The van der Waals surface area contributed by atoms with Crippen LogP contribution in [-0.4, -0.2) is 37.3 Å². The van der Waals surface area contributed by atoms with E-state index < -0.39 is 24.3 Å². The zero-order valence-electron chi connectivity index (χ0n) is 13.1. The predicted octanol–water partition coefficient (Wildman–Crippen LogP) is 1.76. The maximum atomic E-state index is 11.7. The first-order valence-corrected chi connectivity index (χ1v) is 7.23. The van der Waals surface area contributed by atoms with E-state index in [0.29, 0.717) is 30.3 Å². The second kappa shape index (κ2) is 7.92. The molecule has 0 bridgehead atoms. The first-order valence-electron chi connectivity index (χ1n) is 7.23. The number of rotatable bonds is 6. The van der Waals surface area contributed by atoms with Gasteiger partial charge >= 0.3 is 5.97 Å². The lowest BCUT2D eigenvalue weighted by Crippen LogP contribution is -2.25. The molecule has 124 valence electrons. The number of Topliss-reactive ketones (excluding diaryl/α,β-unsaturated/α-hetero) is 1. The molecule has 1 aliphatic heterocycles. The van der Waals surface area contributed by atoms with Gasteiger partial charge < -0.3 is 19.6 Å². The largest absolute Gasteiger partial charge is 0.486 e. The molecule has 0 aromatic heterocycles. The number of nitriles is 1. The number of benzene rings is 1. The number of nitrogens with one attached hydrogen (secondary N) is 1. The highest BCUT2D eigenvalue weighted by Crippen LogP contribution is 2.31. The fourth-order valence-corrected chi connectivity index (χ4v) is 2.01. The molecule has 1 aromatic rings. The first kappa shape index (κ1) is 17.2. The van der Waals surface area contributed by atoms with Crippen LogP contribution in [-0.2, 0) is 14.3 Å². The molecule has 0 radical (unpaired) electrons. The molecule has 1 N–H and O–H groups in total. The van der Waals surface area contributed by atoms with Crippen molar-refractivity contribution in [3.8, 4) is 17.6 Å². The van der Waals surface area contributed by atoms with Crippen molar-refractivity contribution in [3.63, 3.8) is 0 Å². The molecule has 1 heterocycles. The summed E-state index contributed by atoms with van der Waals surface area (Å²) in [5, 5.41) is 16.1. The predicted molar refractivity (Wildman–Crippen MR) is 84.9 cm³/mol. The van der Waals surface area contributed by atoms with E-state index in [0.717, 1.165) is 0 Å². The Kier molecular flexibility index (Phi) is 5.68. The van der Waals surface area contributed by atoms with Crippen LogP contribution < -0.4 is 9.47 Å². The van der Waals surface area contributed by atoms with Crippen molar-refractivity contribution >= 4 is 23.5 Å². The highest BCUT2D eigenvalue weighted by Gasteiger charge is 2.21. The van der Waals surface area contributed by atoms with Gasteiger partial charge in [0.15, 0.2) is 23.9 Å². The number of carbonyl (C=O) groups is 2. The van der Waals surface area contributed by atoms with Crippen LogP contribution >= 0.6 is 0 Å². The summed E-state index contributed by atoms with van der Waals surface area (Å²) in [4.78, 5) is 23.3. The zero-order chi connectivity index (χ0) is 17.5. The summed E-state index contributed by atoms with van der Waals surface area (Å²) in [7, 11) is 0. The van der Waals surface area contributed by atoms with Gasteiger partial charge in [-0.05, 0) is 30.7 Å². The molecule has 24 heavy (non-hydrogen) atoms. The van der Waals surface area contributed by atoms with Crippen molar-refractivity contribution in [2.24, 2.45) is 5.92 Å². The number of esters is 1. The molecular formula is C17H16N2O5. The lowest BCUT2D eigenvalue weighted by Gasteiger charge is -2.18. The molecule has 0 saturated carbocycles. The molecule has 7 nitrogen and oxygen atoms in total. The third-order valence-electron chi connectivity index (χ3n) is 3.22. The van der Waals surface area contributed by atoms with Crippen molar-refractivity contribution in [3.05, 3.63) is 29.8 Å². The minimum absolute atomic E-state index is 0.0784. The van der Waals surface area contributed by atoms with Crippen LogP contribution in [0.15, 0.2) is 24.3 Å². The van der Waals surface area contributed by atoms with Gasteiger partial charge in [0.25, 0.3) is 0 Å². The maximum absolute atomic E-state index is 11.7. The number of nitrogens with zero attached hydrogens (tertiary/aromatic N) is 1. The molecule has 1 unspecified atom stereocenters. The average Bonchev–Trinajstić information content (AvgIpc) is 2.58. The molecule has 1 aliphatic rings. The minimum Gasteiger partial charge on any atom is -0.486 e. The summed E-state index contributed by atoms with van der Waals surface area (Å²) >= 11 is 0. The number of ketones is 1. The van der Waals surface area contributed by atoms with Crippen LogP contribution in [0.25, 0.3) is 6.08 Å². The Bertz CT molecular complexity index is 733. The Morgan fingerprint density at radius 3 is 2.75 bits per heavy atom. The van der Waals surface area contributed by atoms with Gasteiger partial charge in [0.05, 0.1) is 6.07 Å². The number of hydrogen-bond acceptors (Lipinski definition) is 7. The Morgan fingerprint density at radius 2 is 2.08 bits per heavy atom. The molecule has 0 spiro atoms. The van der Waals surface area contributed by atoms with E-state index in [2.05, 4.69) is 0 Å². The Morgan fingerprint density at radius 1 is 1.38 bits per heavy atom. The van der Waals surface area contributed by atoms with Crippen LogP contribution in [0.1, 0.15) is 12.5 Å². The maximum Gasteiger partial charge on any atom is 0.331 e. The molecule has 0 amide bonds. The number of carbonyl (C=O) groups excluding carboxylic acids is 2. The van der Waals surface area contributed by atoms with E-state index in [1.807, 2.05) is 0 Å². The second-order valence-electron chi connectivity index (χ2n) is 5.06. The van der Waals surface area contributed by atoms with Crippen LogP contribution in [0, 0.1) is 22.7 Å². The minimum atomic E-state index is -1.18. The molecule has 0 saturated heterocycles. The van der Waals surface area contributed by atoms with E-state index in [1.54, 1.807) is 24.3 Å². The Balaban J connectivity index is 1.90. The molecule has 1 aromatic carbocycles. The summed E-state index contributed by atoms with van der Waals surface area (Å²) in [6.07, 6.45) is 2.70. The van der Waals surface area contributed by atoms with Crippen molar-refractivity contribution in [1.29, 1.82) is 10.7 Å². The molecular weight excluding hydrogens is 312 g/mol. The molecule has 7 heteroatoms. The highest BCUT2D eigenvalue weighted by molar-refractivity contribution is 6.06. The van der Waals surface area contributed by atoms with Crippen LogP contribution in [0.3, 0.4) is 0 Å². The number of fused-ring (bicyclic) bond motifs is 1. The summed E-state index contributed by atoms with van der Waals surface area (Å²) in [6, 6.07) is 6.93. The van der Waals surface area contributed by atoms with E-state index in [4.69, 9.17) is 24.9 Å². The third kappa shape index (κ3) is 4.43. The van der Waals surface area contributed by atoms with Gasteiger partial charge in [0.1, 0.15) is 19.1 Å². The number of ether oxygens (including phenoxy) is 3. The fraction of sp³-hybridized carbons (Fsp3) is 0.294. The molecule has 2 rings (SSSR count). The normalized spacial score (nSPS) is 13.8. The third-order valence-corrected chi connectivity index (χ3v) is 3.22. The van der Waals surface area contributed by atoms with Crippen LogP contribution in [0.4, 0.5) is 0 Å². The SMILES string of the molecule is CC(=N)C(C#N)C(=O)COC(=O)/C=C/c1ccc2c(c1)OCCO2.